The van der Waals surface area contributed by atoms with E-state index in [1.807, 2.05) is 7.05 Å². The lowest BCUT2D eigenvalue weighted by Gasteiger charge is -2.28. The van der Waals surface area contributed by atoms with Gasteiger partial charge >= 0.3 is 0 Å². The molecular formula is C11H20N2O2S2. The topological polar surface area (TPSA) is 63.4 Å². The van der Waals surface area contributed by atoms with Crippen molar-refractivity contribution >= 4 is 27.0 Å². The smallest absolute Gasteiger partial charge is 0.151 e. The monoisotopic (exact) mass is 276 g/mol. The minimum atomic E-state index is -2.79. The van der Waals surface area contributed by atoms with Crippen molar-refractivity contribution in [2.45, 2.75) is 31.7 Å². The van der Waals surface area contributed by atoms with Crippen molar-refractivity contribution in [2.24, 2.45) is 11.1 Å². The average molecular weight is 276 g/mol. The fourth-order valence-corrected chi connectivity index (χ4v) is 4.83. The summed E-state index contributed by atoms with van der Waals surface area (Å²) in [5.74, 6) is 0.650. The molecule has 2 aliphatic rings. The molecule has 0 aromatic carbocycles. The van der Waals surface area contributed by atoms with Crippen LogP contribution in [0.2, 0.25) is 0 Å². The van der Waals surface area contributed by atoms with Gasteiger partial charge in [-0.3, -0.25) is 0 Å². The zero-order valence-electron chi connectivity index (χ0n) is 10.2. The number of nitrogens with zero attached hydrogens (tertiary/aromatic N) is 1. The Labute approximate surface area is 108 Å². The summed E-state index contributed by atoms with van der Waals surface area (Å²) >= 11 is 4.97. The Balaban J connectivity index is 1.90. The van der Waals surface area contributed by atoms with Crippen LogP contribution in [-0.4, -0.2) is 49.4 Å². The summed E-state index contributed by atoms with van der Waals surface area (Å²) in [6.45, 7) is 0.921. The van der Waals surface area contributed by atoms with Gasteiger partial charge in [0.1, 0.15) is 0 Å². The number of thiocarbonyl (C=S) groups is 1. The maximum atomic E-state index is 11.4. The average Bonchev–Trinajstić information content (AvgIpc) is 2.80. The molecule has 0 spiro atoms. The largest absolute Gasteiger partial charge is 0.393 e. The van der Waals surface area contributed by atoms with E-state index in [1.54, 1.807) is 0 Å². The van der Waals surface area contributed by atoms with Crippen molar-refractivity contribution in [3.8, 4) is 0 Å². The predicted octanol–water partition coefficient (Wildman–Crippen LogP) is 0.562. The third-order valence-corrected chi connectivity index (χ3v) is 5.82. The molecule has 0 bridgehead atoms. The number of rotatable bonds is 5. The molecule has 1 heterocycles. The molecule has 1 atom stereocenters. The summed E-state index contributed by atoms with van der Waals surface area (Å²) in [7, 11) is -0.772. The van der Waals surface area contributed by atoms with Crippen molar-refractivity contribution < 1.29 is 8.42 Å². The van der Waals surface area contributed by atoms with Crippen molar-refractivity contribution in [2.75, 3.05) is 25.1 Å². The van der Waals surface area contributed by atoms with Crippen molar-refractivity contribution in [3.63, 3.8) is 0 Å². The summed E-state index contributed by atoms with van der Waals surface area (Å²) < 4.78 is 22.9. The summed E-state index contributed by atoms with van der Waals surface area (Å²) in [5, 5.41) is 0. The normalized spacial score (nSPS) is 29.4. The van der Waals surface area contributed by atoms with Gasteiger partial charge in [-0.1, -0.05) is 12.2 Å². The Hall–Kier alpha value is -0.200. The highest BCUT2D eigenvalue weighted by Gasteiger charge is 2.45. The Morgan fingerprint density at radius 3 is 2.59 bits per heavy atom. The van der Waals surface area contributed by atoms with Gasteiger partial charge in [-0.15, -0.1) is 0 Å². The molecule has 4 nitrogen and oxygen atoms in total. The van der Waals surface area contributed by atoms with Gasteiger partial charge in [-0.05, 0) is 31.7 Å². The van der Waals surface area contributed by atoms with Crippen LogP contribution in [0.15, 0.2) is 0 Å². The molecule has 1 unspecified atom stereocenters. The third-order valence-electron chi connectivity index (χ3n) is 3.92. The highest BCUT2D eigenvalue weighted by atomic mass is 32.2. The Morgan fingerprint density at radius 1 is 1.53 bits per heavy atom. The van der Waals surface area contributed by atoms with Crippen molar-refractivity contribution in [1.82, 2.24) is 4.90 Å². The van der Waals surface area contributed by atoms with Crippen LogP contribution in [0.3, 0.4) is 0 Å². The van der Waals surface area contributed by atoms with E-state index >= 15 is 0 Å². The van der Waals surface area contributed by atoms with Gasteiger partial charge in [0.05, 0.1) is 16.5 Å². The van der Waals surface area contributed by atoms with Gasteiger partial charge in [0.2, 0.25) is 0 Å². The first-order valence-electron chi connectivity index (χ1n) is 6.01. The van der Waals surface area contributed by atoms with Crippen LogP contribution in [0.4, 0.5) is 0 Å². The molecular weight excluding hydrogens is 256 g/mol. The summed E-state index contributed by atoms with van der Waals surface area (Å²) in [5.41, 5.74) is 5.85. The van der Waals surface area contributed by atoms with E-state index in [-0.39, 0.29) is 11.5 Å². The Bertz CT molecular complexity index is 415. The van der Waals surface area contributed by atoms with Crippen LogP contribution >= 0.6 is 12.2 Å². The molecule has 1 aliphatic heterocycles. The number of nitrogens with two attached hydrogens (primary N) is 1. The lowest BCUT2D eigenvalue weighted by molar-refractivity contribution is 0.213. The minimum Gasteiger partial charge on any atom is -0.393 e. The quantitative estimate of drug-likeness (QED) is 0.744. The van der Waals surface area contributed by atoms with Crippen LogP contribution in [0.1, 0.15) is 25.7 Å². The Morgan fingerprint density at radius 2 is 2.18 bits per heavy atom. The molecule has 0 aromatic rings. The number of hydrogen-bond donors (Lipinski definition) is 1. The molecule has 0 aromatic heterocycles. The first-order chi connectivity index (χ1) is 7.82. The summed E-state index contributed by atoms with van der Waals surface area (Å²) in [4.78, 5) is 2.77. The highest BCUT2D eigenvalue weighted by molar-refractivity contribution is 7.91. The van der Waals surface area contributed by atoms with E-state index in [0.717, 1.165) is 32.2 Å². The second-order valence-electron chi connectivity index (χ2n) is 5.62. The second kappa shape index (κ2) is 4.48. The lowest BCUT2D eigenvalue weighted by atomic mass is 10.0. The van der Waals surface area contributed by atoms with Gasteiger partial charge in [-0.2, -0.15) is 0 Å². The molecule has 2 fully saturated rings. The molecule has 1 saturated heterocycles. The first-order valence-corrected chi connectivity index (χ1v) is 8.24. The van der Waals surface area contributed by atoms with Crippen LogP contribution in [0, 0.1) is 5.41 Å². The zero-order chi connectivity index (χ0) is 12.7. The van der Waals surface area contributed by atoms with Crippen LogP contribution in [-0.2, 0) is 9.84 Å². The molecule has 17 heavy (non-hydrogen) atoms. The van der Waals surface area contributed by atoms with Crippen LogP contribution < -0.4 is 5.73 Å². The molecule has 1 aliphatic carbocycles. The minimum absolute atomic E-state index is 0.184. The van der Waals surface area contributed by atoms with Gasteiger partial charge in [0.25, 0.3) is 0 Å². The van der Waals surface area contributed by atoms with E-state index < -0.39 is 9.84 Å². The SMILES string of the molecule is CN(CC1(CC(N)=S)CC1)C1CCS(=O)(=O)C1. The summed E-state index contributed by atoms with van der Waals surface area (Å²) in [6, 6.07) is 0.184. The number of hydrogen-bond acceptors (Lipinski definition) is 4. The second-order valence-corrected chi connectivity index (χ2v) is 8.37. The van der Waals surface area contributed by atoms with Gasteiger partial charge in [0.15, 0.2) is 9.84 Å². The van der Waals surface area contributed by atoms with E-state index in [4.69, 9.17) is 18.0 Å². The van der Waals surface area contributed by atoms with Crippen molar-refractivity contribution in [3.05, 3.63) is 0 Å². The highest BCUT2D eigenvalue weighted by Crippen LogP contribution is 2.49. The van der Waals surface area contributed by atoms with Crippen LogP contribution in [0.25, 0.3) is 0 Å². The third kappa shape index (κ3) is 3.39. The molecule has 6 heteroatoms. The van der Waals surface area contributed by atoms with E-state index in [9.17, 15) is 8.42 Å². The van der Waals surface area contributed by atoms with E-state index in [1.165, 1.54) is 0 Å². The lowest BCUT2D eigenvalue weighted by Crippen LogP contribution is -2.38. The standard InChI is InChI=1S/C11H20N2O2S2/c1-13(9-2-5-17(14,15)7-9)8-11(3-4-11)6-10(12)16/h9H,2-8H2,1H3,(H2,12,16). The summed E-state index contributed by atoms with van der Waals surface area (Å²) in [6.07, 6.45) is 3.89. The maximum Gasteiger partial charge on any atom is 0.151 e. The van der Waals surface area contributed by atoms with Crippen molar-refractivity contribution in [1.29, 1.82) is 0 Å². The predicted molar refractivity (Wildman–Crippen MR) is 72.8 cm³/mol. The fourth-order valence-electron chi connectivity index (χ4n) is 2.72. The van der Waals surface area contributed by atoms with E-state index in [0.29, 0.717) is 16.5 Å². The maximum absolute atomic E-state index is 11.4. The van der Waals surface area contributed by atoms with E-state index in [2.05, 4.69) is 4.90 Å². The van der Waals surface area contributed by atoms with Gasteiger partial charge in [0, 0.05) is 19.0 Å². The van der Waals surface area contributed by atoms with Crippen LogP contribution in [0.5, 0.6) is 0 Å². The van der Waals surface area contributed by atoms with Gasteiger partial charge in [-0.25, -0.2) is 8.42 Å². The Kier molecular flexibility index (Phi) is 3.49. The van der Waals surface area contributed by atoms with Gasteiger partial charge < -0.3 is 10.6 Å². The first kappa shape index (κ1) is 13.2. The molecule has 1 saturated carbocycles. The molecule has 98 valence electrons. The molecule has 0 radical (unpaired) electrons. The fraction of sp³-hybridized carbons (Fsp3) is 0.909. The molecule has 0 amide bonds. The molecule has 2 rings (SSSR count). The number of sulfone groups is 1. The zero-order valence-corrected chi connectivity index (χ0v) is 11.8. The molecule has 2 N–H and O–H groups in total.